The first-order valence-corrected chi connectivity index (χ1v) is 7.13. The Morgan fingerprint density at radius 2 is 2.00 bits per heavy atom. The first-order chi connectivity index (χ1) is 10.2. The summed E-state index contributed by atoms with van der Waals surface area (Å²) < 4.78 is 18.9. The standard InChI is InChI=1S/C16H12ClFN2O/c17-11-1-4-13(5-2-11)20-8-10-9-21-15-7-12(18)3-6-14(15)16(10)19-20/h1-7,10H,8-9H2. The van der Waals surface area contributed by atoms with Gasteiger partial charge in [0, 0.05) is 16.7 Å². The van der Waals surface area contributed by atoms with E-state index in [9.17, 15) is 4.39 Å². The minimum atomic E-state index is -0.291. The van der Waals surface area contributed by atoms with Crippen LogP contribution in [0, 0.1) is 11.7 Å². The third kappa shape index (κ3) is 2.16. The number of hydrogen-bond donors (Lipinski definition) is 0. The van der Waals surface area contributed by atoms with Crippen LogP contribution in [0.3, 0.4) is 0 Å². The normalized spacial score (nSPS) is 19.6. The fraction of sp³-hybridized carbons (Fsp3) is 0.188. The second kappa shape index (κ2) is 4.74. The number of hydrazone groups is 1. The van der Waals surface area contributed by atoms with Gasteiger partial charge in [0.25, 0.3) is 0 Å². The third-order valence-corrected chi connectivity index (χ3v) is 4.04. The molecule has 2 aliphatic rings. The van der Waals surface area contributed by atoms with E-state index in [2.05, 4.69) is 5.10 Å². The van der Waals surface area contributed by atoms with Crippen molar-refractivity contribution in [1.82, 2.24) is 0 Å². The van der Waals surface area contributed by atoms with Gasteiger partial charge in [0.15, 0.2) is 0 Å². The van der Waals surface area contributed by atoms with Gasteiger partial charge in [0.1, 0.15) is 11.6 Å². The monoisotopic (exact) mass is 302 g/mol. The number of fused-ring (bicyclic) bond motifs is 3. The van der Waals surface area contributed by atoms with Crippen LogP contribution in [0.1, 0.15) is 5.56 Å². The zero-order valence-corrected chi connectivity index (χ0v) is 11.8. The Morgan fingerprint density at radius 1 is 1.19 bits per heavy atom. The molecule has 0 aromatic heterocycles. The molecule has 0 aliphatic carbocycles. The number of halogens is 2. The zero-order valence-electron chi connectivity index (χ0n) is 11.1. The van der Waals surface area contributed by atoms with Gasteiger partial charge in [-0.25, -0.2) is 4.39 Å². The maximum atomic E-state index is 13.3. The molecule has 2 aliphatic heterocycles. The minimum Gasteiger partial charge on any atom is -0.492 e. The Hall–Kier alpha value is -2.07. The summed E-state index contributed by atoms with van der Waals surface area (Å²) in [6, 6.07) is 12.2. The molecule has 0 radical (unpaired) electrons. The molecule has 1 unspecified atom stereocenters. The molecule has 5 heteroatoms. The third-order valence-electron chi connectivity index (χ3n) is 3.79. The van der Waals surface area contributed by atoms with E-state index in [-0.39, 0.29) is 11.7 Å². The molecule has 0 fully saturated rings. The van der Waals surface area contributed by atoms with Crippen LogP contribution in [0.4, 0.5) is 10.1 Å². The van der Waals surface area contributed by atoms with Gasteiger partial charge in [-0.2, -0.15) is 5.10 Å². The number of ether oxygens (including phenoxy) is 1. The predicted octanol–water partition coefficient (Wildman–Crippen LogP) is 3.71. The van der Waals surface area contributed by atoms with Gasteiger partial charge in [-0.15, -0.1) is 0 Å². The maximum absolute atomic E-state index is 13.3. The minimum absolute atomic E-state index is 0.207. The average molecular weight is 303 g/mol. The highest BCUT2D eigenvalue weighted by Gasteiger charge is 2.34. The molecule has 0 amide bonds. The van der Waals surface area contributed by atoms with Gasteiger partial charge in [-0.3, -0.25) is 5.01 Å². The first kappa shape index (κ1) is 12.7. The van der Waals surface area contributed by atoms with Crippen LogP contribution in [0.25, 0.3) is 0 Å². The molecule has 4 rings (SSSR count). The van der Waals surface area contributed by atoms with Crippen molar-refractivity contribution in [3.05, 3.63) is 58.9 Å². The van der Waals surface area contributed by atoms with Crippen molar-refractivity contribution in [1.29, 1.82) is 0 Å². The molecule has 21 heavy (non-hydrogen) atoms. The summed E-state index contributed by atoms with van der Waals surface area (Å²) in [6.07, 6.45) is 0. The molecule has 1 atom stereocenters. The summed E-state index contributed by atoms with van der Waals surface area (Å²) in [6.45, 7) is 1.28. The number of benzene rings is 2. The molecule has 0 spiro atoms. The highest BCUT2D eigenvalue weighted by molar-refractivity contribution is 6.30. The quantitative estimate of drug-likeness (QED) is 0.802. The van der Waals surface area contributed by atoms with Crippen molar-refractivity contribution in [2.24, 2.45) is 11.0 Å². The van der Waals surface area contributed by atoms with Crippen molar-refractivity contribution < 1.29 is 9.13 Å². The summed E-state index contributed by atoms with van der Waals surface area (Å²) in [5.41, 5.74) is 2.83. The summed E-state index contributed by atoms with van der Waals surface area (Å²) in [7, 11) is 0. The molecule has 106 valence electrons. The van der Waals surface area contributed by atoms with E-state index in [0.717, 1.165) is 23.5 Å². The van der Waals surface area contributed by atoms with Crippen molar-refractivity contribution in [3.63, 3.8) is 0 Å². The van der Waals surface area contributed by atoms with E-state index >= 15 is 0 Å². The molecular formula is C16H12ClFN2O. The fourth-order valence-corrected chi connectivity index (χ4v) is 2.87. The van der Waals surface area contributed by atoms with Gasteiger partial charge >= 0.3 is 0 Å². The van der Waals surface area contributed by atoms with Gasteiger partial charge in [0.05, 0.1) is 30.5 Å². The second-order valence-corrected chi connectivity index (χ2v) is 5.63. The lowest BCUT2D eigenvalue weighted by Crippen LogP contribution is -2.29. The predicted molar refractivity (Wildman–Crippen MR) is 80.7 cm³/mol. The molecule has 0 bridgehead atoms. The van der Waals surface area contributed by atoms with Crippen LogP contribution in [-0.4, -0.2) is 18.9 Å². The van der Waals surface area contributed by atoms with Crippen molar-refractivity contribution in [2.45, 2.75) is 0 Å². The van der Waals surface area contributed by atoms with Crippen LogP contribution < -0.4 is 9.75 Å². The van der Waals surface area contributed by atoms with Gasteiger partial charge in [-0.1, -0.05) is 11.6 Å². The number of anilines is 1. The smallest absolute Gasteiger partial charge is 0.131 e. The van der Waals surface area contributed by atoms with Crippen LogP contribution in [0.15, 0.2) is 47.6 Å². The second-order valence-electron chi connectivity index (χ2n) is 5.19. The number of nitrogens with zero attached hydrogens (tertiary/aromatic N) is 2. The van der Waals surface area contributed by atoms with E-state index in [4.69, 9.17) is 16.3 Å². The van der Waals surface area contributed by atoms with Crippen LogP contribution in [-0.2, 0) is 0 Å². The van der Waals surface area contributed by atoms with E-state index in [1.807, 2.05) is 29.3 Å². The van der Waals surface area contributed by atoms with Crippen molar-refractivity contribution in [2.75, 3.05) is 18.2 Å². The maximum Gasteiger partial charge on any atom is 0.131 e. The number of rotatable bonds is 1. The zero-order chi connectivity index (χ0) is 14.4. The first-order valence-electron chi connectivity index (χ1n) is 6.75. The van der Waals surface area contributed by atoms with Crippen LogP contribution in [0.5, 0.6) is 5.75 Å². The fourth-order valence-electron chi connectivity index (χ4n) is 2.75. The summed E-state index contributed by atoms with van der Waals surface area (Å²) in [4.78, 5) is 0. The molecule has 2 heterocycles. The summed E-state index contributed by atoms with van der Waals surface area (Å²) in [5, 5.41) is 7.33. The average Bonchev–Trinajstić information content (AvgIpc) is 2.92. The van der Waals surface area contributed by atoms with Gasteiger partial charge < -0.3 is 4.74 Å². The molecule has 3 nitrogen and oxygen atoms in total. The van der Waals surface area contributed by atoms with E-state index in [0.29, 0.717) is 17.4 Å². The van der Waals surface area contributed by atoms with Gasteiger partial charge in [-0.05, 0) is 36.4 Å². The van der Waals surface area contributed by atoms with Crippen molar-refractivity contribution in [3.8, 4) is 5.75 Å². The Labute approximate surface area is 126 Å². The Bertz CT molecular complexity index is 730. The molecule has 0 N–H and O–H groups in total. The molecular weight excluding hydrogens is 291 g/mol. The lowest BCUT2D eigenvalue weighted by molar-refractivity contribution is 0.279. The summed E-state index contributed by atoms with van der Waals surface area (Å²) in [5.74, 6) is 0.488. The largest absolute Gasteiger partial charge is 0.492 e. The lowest BCUT2D eigenvalue weighted by atomic mass is 9.95. The molecule has 0 saturated carbocycles. The SMILES string of the molecule is Fc1ccc2c(c1)OCC1CN(c3ccc(Cl)cc3)N=C21. The molecule has 0 saturated heterocycles. The molecule has 2 aromatic carbocycles. The van der Waals surface area contributed by atoms with Crippen LogP contribution >= 0.6 is 11.6 Å². The van der Waals surface area contributed by atoms with Crippen LogP contribution in [0.2, 0.25) is 5.02 Å². The highest BCUT2D eigenvalue weighted by Crippen LogP contribution is 2.34. The Kier molecular flexibility index (Phi) is 2.86. The highest BCUT2D eigenvalue weighted by atomic mass is 35.5. The van der Waals surface area contributed by atoms with E-state index < -0.39 is 0 Å². The van der Waals surface area contributed by atoms with Gasteiger partial charge in [0.2, 0.25) is 0 Å². The van der Waals surface area contributed by atoms with E-state index in [1.54, 1.807) is 6.07 Å². The van der Waals surface area contributed by atoms with Crippen molar-refractivity contribution >= 4 is 23.0 Å². The Balaban J connectivity index is 1.72. The topological polar surface area (TPSA) is 24.8 Å². The Morgan fingerprint density at radius 3 is 2.81 bits per heavy atom. The summed E-state index contributed by atoms with van der Waals surface area (Å²) >= 11 is 5.91. The lowest BCUT2D eigenvalue weighted by Gasteiger charge is -2.22. The number of hydrogen-bond acceptors (Lipinski definition) is 3. The van der Waals surface area contributed by atoms with E-state index in [1.165, 1.54) is 12.1 Å². The molecule has 2 aromatic rings.